The molecule has 3 unspecified atom stereocenters. The highest BCUT2D eigenvalue weighted by atomic mass is 16.5. The van der Waals surface area contributed by atoms with Gasteiger partial charge in [0.2, 0.25) is 0 Å². The number of nitrogens with one attached hydrogen (secondary N) is 1. The molecule has 1 rings (SSSR count). The fraction of sp³-hybridized carbons (Fsp3) is 0.929. The Balaban J connectivity index is 2.57. The Morgan fingerprint density at radius 3 is 2.12 bits per heavy atom. The van der Waals surface area contributed by atoms with Gasteiger partial charge in [-0.15, -0.1) is 0 Å². The number of carbonyl (C=O) groups excluding carboxylic acids is 1. The molecule has 1 N–H and O–H groups in total. The first kappa shape index (κ1) is 14.5. The molecule has 0 aromatic heterocycles. The lowest BCUT2D eigenvalue weighted by Crippen LogP contribution is -2.49. The SMILES string of the molecule is COC(=O)C(NC1CC(C)CC(C)C1)C(C)C. The Labute approximate surface area is 105 Å². The Morgan fingerprint density at radius 2 is 1.71 bits per heavy atom. The van der Waals surface area contributed by atoms with Crippen LogP contribution in [0.2, 0.25) is 0 Å². The van der Waals surface area contributed by atoms with Crippen LogP contribution in [-0.2, 0) is 9.53 Å². The molecular formula is C14H27NO2. The van der Waals surface area contributed by atoms with Crippen LogP contribution in [-0.4, -0.2) is 25.2 Å². The van der Waals surface area contributed by atoms with Crippen molar-refractivity contribution in [1.82, 2.24) is 5.32 Å². The van der Waals surface area contributed by atoms with E-state index < -0.39 is 0 Å². The van der Waals surface area contributed by atoms with Gasteiger partial charge in [-0.05, 0) is 37.0 Å². The van der Waals surface area contributed by atoms with Crippen LogP contribution in [0.4, 0.5) is 0 Å². The van der Waals surface area contributed by atoms with Gasteiger partial charge in [-0.1, -0.05) is 27.7 Å². The van der Waals surface area contributed by atoms with E-state index in [2.05, 4.69) is 33.0 Å². The van der Waals surface area contributed by atoms with Crippen molar-refractivity contribution in [3.63, 3.8) is 0 Å². The molecule has 100 valence electrons. The van der Waals surface area contributed by atoms with Crippen molar-refractivity contribution in [3.05, 3.63) is 0 Å². The minimum Gasteiger partial charge on any atom is -0.468 e. The van der Waals surface area contributed by atoms with E-state index in [0.29, 0.717) is 6.04 Å². The molecule has 1 fully saturated rings. The summed E-state index contributed by atoms with van der Waals surface area (Å²) in [4.78, 5) is 11.7. The normalized spacial score (nSPS) is 31.3. The van der Waals surface area contributed by atoms with Gasteiger partial charge in [0.15, 0.2) is 0 Å². The molecular weight excluding hydrogens is 214 g/mol. The van der Waals surface area contributed by atoms with Gasteiger partial charge >= 0.3 is 5.97 Å². The van der Waals surface area contributed by atoms with Crippen LogP contribution in [0.15, 0.2) is 0 Å². The van der Waals surface area contributed by atoms with Crippen LogP contribution < -0.4 is 5.32 Å². The number of ether oxygens (including phenoxy) is 1. The summed E-state index contributed by atoms with van der Waals surface area (Å²) in [5.41, 5.74) is 0. The minimum absolute atomic E-state index is 0.133. The summed E-state index contributed by atoms with van der Waals surface area (Å²) in [6.45, 7) is 8.72. The van der Waals surface area contributed by atoms with Crippen LogP contribution >= 0.6 is 0 Å². The Kier molecular flexibility index (Phi) is 5.44. The molecule has 0 heterocycles. The van der Waals surface area contributed by atoms with Crippen LogP contribution in [0.25, 0.3) is 0 Å². The summed E-state index contributed by atoms with van der Waals surface area (Å²) in [5.74, 6) is 1.64. The zero-order valence-corrected chi connectivity index (χ0v) is 11.8. The first-order valence-corrected chi connectivity index (χ1v) is 6.77. The molecule has 0 spiro atoms. The first-order chi connectivity index (χ1) is 7.93. The molecule has 3 heteroatoms. The second kappa shape index (κ2) is 6.39. The fourth-order valence-corrected chi connectivity index (χ4v) is 3.00. The third-order valence-corrected chi connectivity index (χ3v) is 3.72. The molecule has 3 nitrogen and oxygen atoms in total. The molecule has 0 aromatic rings. The highest BCUT2D eigenvalue weighted by molar-refractivity contribution is 5.75. The Bertz CT molecular complexity index is 243. The average Bonchev–Trinajstić information content (AvgIpc) is 2.23. The van der Waals surface area contributed by atoms with E-state index in [9.17, 15) is 4.79 Å². The number of hydrogen-bond donors (Lipinski definition) is 1. The summed E-state index contributed by atoms with van der Waals surface area (Å²) < 4.78 is 4.87. The predicted octanol–water partition coefficient (Wildman–Crippen LogP) is 2.60. The van der Waals surface area contributed by atoms with Gasteiger partial charge in [-0.2, -0.15) is 0 Å². The average molecular weight is 241 g/mol. The van der Waals surface area contributed by atoms with Gasteiger partial charge in [0.1, 0.15) is 6.04 Å². The van der Waals surface area contributed by atoms with E-state index in [4.69, 9.17) is 4.74 Å². The number of carbonyl (C=O) groups is 1. The summed E-state index contributed by atoms with van der Waals surface area (Å²) in [7, 11) is 1.46. The molecule has 0 radical (unpaired) electrons. The maximum Gasteiger partial charge on any atom is 0.323 e. The predicted molar refractivity (Wildman–Crippen MR) is 69.7 cm³/mol. The third kappa shape index (κ3) is 4.30. The van der Waals surface area contributed by atoms with Crippen molar-refractivity contribution in [2.45, 2.75) is 59.0 Å². The first-order valence-electron chi connectivity index (χ1n) is 6.77. The molecule has 0 saturated heterocycles. The monoisotopic (exact) mass is 241 g/mol. The van der Waals surface area contributed by atoms with Crippen LogP contribution in [0.1, 0.15) is 47.0 Å². The van der Waals surface area contributed by atoms with Crippen LogP contribution in [0, 0.1) is 17.8 Å². The molecule has 1 saturated carbocycles. The zero-order valence-electron chi connectivity index (χ0n) is 11.8. The molecule has 0 aromatic carbocycles. The van der Waals surface area contributed by atoms with Crippen LogP contribution in [0.3, 0.4) is 0 Å². The van der Waals surface area contributed by atoms with Gasteiger partial charge < -0.3 is 10.1 Å². The molecule has 0 bridgehead atoms. The summed E-state index contributed by atoms with van der Waals surface area (Å²) in [5, 5.41) is 3.49. The fourth-order valence-electron chi connectivity index (χ4n) is 3.00. The van der Waals surface area contributed by atoms with Gasteiger partial charge in [0.05, 0.1) is 7.11 Å². The molecule has 0 amide bonds. The standard InChI is InChI=1S/C14H27NO2/c1-9(2)13(14(16)17-5)15-12-7-10(3)6-11(4)8-12/h9-13,15H,6-8H2,1-5H3. The van der Waals surface area contributed by atoms with E-state index in [0.717, 1.165) is 11.8 Å². The van der Waals surface area contributed by atoms with E-state index >= 15 is 0 Å². The molecule has 0 aliphatic heterocycles. The lowest BCUT2D eigenvalue weighted by atomic mass is 9.80. The molecule has 3 atom stereocenters. The van der Waals surface area contributed by atoms with Crippen molar-refractivity contribution in [3.8, 4) is 0 Å². The smallest absolute Gasteiger partial charge is 0.323 e. The van der Waals surface area contributed by atoms with Crippen molar-refractivity contribution in [2.24, 2.45) is 17.8 Å². The maximum absolute atomic E-state index is 11.7. The van der Waals surface area contributed by atoms with Gasteiger partial charge in [-0.3, -0.25) is 4.79 Å². The summed E-state index contributed by atoms with van der Waals surface area (Å²) in [6.07, 6.45) is 3.65. The Hall–Kier alpha value is -0.570. The minimum atomic E-state index is -0.164. The lowest BCUT2D eigenvalue weighted by Gasteiger charge is -2.35. The topological polar surface area (TPSA) is 38.3 Å². The highest BCUT2D eigenvalue weighted by Crippen LogP contribution is 2.29. The number of esters is 1. The van der Waals surface area contributed by atoms with Crippen LogP contribution in [0.5, 0.6) is 0 Å². The lowest BCUT2D eigenvalue weighted by molar-refractivity contribution is -0.144. The number of hydrogen-bond acceptors (Lipinski definition) is 3. The van der Waals surface area contributed by atoms with Crippen molar-refractivity contribution < 1.29 is 9.53 Å². The molecule has 1 aliphatic rings. The second-order valence-corrected chi connectivity index (χ2v) is 6.03. The van der Waals surface area contributed by atoms with Gasteiger partial charge in [0, 0.05) is 6.04 Å². The van der Waals surface area contributed by atoms with Crippen molar-refractivity contribution in [2.75, 3.05) is 7.11 Å². The Morgan fingerprint density at radius 1 is 1.18 bits per heavy atom. The number of methoxy groups -OCH3 is 1. The largest absolute Gasteiger partial charge is 0.468 e. The summed E-state index contributed by atoms with van der Waals surface area (Å²) in [6, 6.07) is 0.294. The quantitative estimate of drug-likeness (QED) is 0.769. The van der Waals surface area contributed by atoms with Gasteiger partial charge in [0.25, 0.3) is 0 Å². The second-order valence-electron chi connectivity index (χ2n) is 6.03. The van der Waals surface area contributed by atoms with Crippen molar-refractivity contribution in [1.29, 1.82) is 0 Å². The van der Waals surface area contributed by atoms with Crippen molar-refractivity contribution >= 4 is 5.97 Å². The third-order valence-electron chi connectivity index (χ3n) is 3.72. The van der Waals surface area contributed by atoms with Gasteiger partial charge in [-0.25, -0.2) is 0 Å². The maximum atomic E-state index is 11.7. The number of rotatable bonds is 4. The molecule has 17 heavy (non-hydrogen) atoms. The summed E-state index contributed by atoms with van der Waals surface area (Å²) >= 11 is 0. The zero-order chi connectivity index (χ0) is 13.0. The molecule has 1 aliphatic carbocycles. The van der Waals surface area contributed by atoms with E-state index in [1.165, 1.54) is 26.4 Å². The van der Waals surface area contributed by atoms with E-state index in [1.54, 1.807) is 0 Å². The van der Waals surface area contributed by atoms with E-state index in [-0.39, 0.29) is 17.9 Å². The van der Waals surface area contributed by atoms with E-state index in [1.807, 2.05) is 0 Å². The highest BCUT2D eigenvalue weighted by Gasteiger charge is 2.30.